The Labute approximate surface area is 122 Å². The SMILES string of the molecule is COC(=O)CCc1csc(N2CCCS(=O)(=O)CC2)n1. The zero-order valence-electron chi connectivity index (χ0n) is 11.4. The van der Waals surface area contributed by atoms with E-state index in [9.17, 15) is 13.2 Å². The molecular formula is C12H18N2O4S2. The second-order valence-corrected chi connectivity index (χ2v) is 7.83. The van der Waals surface area contributed by atoms with Gasteiger partial charge in [0.15, 0.2) is 15.0 Å². The second kappa shape index (κ2) is 6.53. The molecule has 0 amide bonds. The zero-order valence-corrected chi connectivity index (χ0v) is 13.0. The number of esters is 1. The molecule has 1 aromatic rings. The van der Waals surface area contributed by atoms with Crippen LogP contribution >= 0.6 is 11.3 Å². The summed E-state index contributed by atoms with van der Waals surface area (Å²) in [7, 11) is -1.54. The van der Waals surface area contributed by atoms with Crippen molar-refractivity contribution in [1.29, 1.82) is 0 Å². The maximum absolute atomic E-state index is 11.6. The minimum absolute atomic E-state index is 0.185. The molecule has 2 heterocycles. The van der Waals surface area contributed by atoms with Crippen LogP contribution in [0.5, 0.6) is 0 Å². The van der Waals surface area contributed by atoms with Gasteiger partial charge in [-0.05, 0) is 6.42 Å². The standard InChI is InChI=1S/C12H18N2O4S2/c1-18-11(15)4-3-10-9-19-12(13-10)14-5-2-7-20(16,17)8-6-14/h9H,2-8H2,1H3. The highest BCUT2D eigenvalue weighted by Crippen LogP contribution is 2.23. The first-order valence-corrected chi connectivity index (χ1v) is 9.17. The summed E-state index contributed by atoms with van der Waals surface area (Å²) in [5, 5.41) is 2.75. The first-order valence-electron chi connectivity index (χ1n) is 6.47. The minimum atomic E-state index is -2.90. The summed E-state index contributed by atoms with van der Waals surface area (Å²) in [4.78, 5) is 17.6. The first-order chi connectivity index (χ1) is 9.50. The van der Waals surface area contributed by atoms with Crippen LogP contribution in [-0.4, -0.2) is 51.1 Å². The molecule has 0 aliphatic carbocycles. The fourth-order valence-corrected chi connectivity index (χ4v) is 4.20. The first kappa shape index (κ1) is 15.2. The van der Waals surface area contributed by atoms with Crippen molar-refractivity contribution in [2.45, 2.75) is 19.3 Å². The second-order valence-electron chi connectivity index (χ2n) is 4.69. The molecule has 6 nitrogen and oxygen atoms in total. The third kappa shape index (κ3) is 4.17. The Bertz CT molecular complexity index is 568. The Morgan fingerprint density at radius 2 is 2.25 bits per heavy atom. The van der Waals surface area contributed by atoms with Gasteiger partial charge in [-0.25, -0.2) is 13.4 Å². The van der Waals surface area contributed by atoms with Crippen LogP contribution in [0.3, 0.4) is 0 Å². The van der Waals surface area contributed by atoms with Gasteiger partial charge in [0.05, 0.1) is 30.7 Å². The van der Waals surface area contributed by atoms with Crippen molar-refractivity contribution >= 4 is 32.3 Å². The molecule has 8 heteroatoms. The fraction of sp³-hybridized carbons (Fsp3) is 0.667. The molecule has 0 bridgehead atoms. The number of aryl methyl sites for hydroxylation is 1. The van der Waals surface area contributed by atoms with Gasteiger partial charge in [-0.3, -0.25) is 4.79 Å². The Balaban J connectivity index is 1.96. The number of carbonyl (C=O) groups is 1. The lowest BCUT2D eigenvalue weighted by Crippen LogP contribution is -2.26. The predicted octanol–water partition coefficient (Wildman–Crippen LogP) is 0.874. The third-order valence-electron chi connectivity index (χ3n) is 3.18. The smallest absolute Gasteiger partial charge is 0.305 e. The molecule has 1 saturated heterocycles. The summed E-state index contributed by atoms with van der Waals surface area (Å²) in [6.07, 6.45) is 1.50. The molecule has 20 heavy (non-hydrogen) atoms. The van der Waals surface area contributed by atoms with E-state index in [2.05, 4.69) is 9.72 Å². The van der Waals surface area contributed by atoms with Gasteiger partial charge in [0.1, 0.15) is 0 Å². The fourth-order valence-electron chi connectivity index (χ4n) is 2.02. The number of hydrogen-bond acceptors (Lipinski definition) is 7. The van der Waals surface area contributed by atoms with E-state index in [0.717, 1.165) is 10.8 Å². The van der Waals surface area contributed by atoms with Crippen molar-refractivity contribution in [3.63, 3.8) is 0 Å². The largest absolute Gasteiger partial charge is 0.469 e. The molecule has 2 rings (SSSR count). The van der Waals surface area contributed by atoms with Crippen LogP contribution in [0.2, 0.25) is 0 Å². The van der Waals surface area contributed by atoms with Gasteiger partial charge in [-0.1, -0.05) is 0 Å². The molecule has 0 aromatic carbocycles. The number of hydrogen-bond donors (Lipinski definition) is 0. The average molecular weight is 318 g/mol. The van der Waals surface area contributed by atoms with Gasteiger partial charge < -0.3 is 9.64 Å². The van der Waals surface area contributed by atoms with Crippen molar-refractivity contribution in [1.82, 2.24) is 4.98 Å². The van der Waals surface area contributed by atoms with Gasteiger partial charge in [0.2, 0.25) is 0 Å². The molecule has 1 aromatic heterocycles. The quantitative estimate of drug-likeness (QED) is 0.767. The van der Waals surface area contributed by atoms with Crippen LogP contribution in [0.1, 0.15) is 18.5 Å². The van der Waals surface area contributed by atoms with Crippen molar-refractivity contribution in [3.05, 3.63) is 11.1 Å². The molecule has 0 unspecified atom stereocenters. The van der Waals surface area contributed by atoms with E-state index in [1.54, 1.807) is 0 Å². The number of anilines is 1. The Morgan fingerprint density at radius 1 is 1.45 bits per heavy atom. The maximum atomic E-state index is 11.6. The Hall–Kier alpha value is -1.15. The van der Waals surface area contributed by atoms with E-state index >= 15 is 0 Å². The Morgan fingerprint density at radius 3 is 3.00 bits per heavy atom. The van der Waals surface area contributed by atoms with Crippen molar-refractivity contribution in [3.8, 4) is 0 Å². The molecule has 1 fully saturated rings. The van der Waals surface area contributed by atoms with E-state index in [4.69, 9.17) is 0 Å². The number of rotatable bonds is 4. The summed E-state index contributed by atoms with van der Waals surface area (Å²) >= 11 is 1.49. The molecule has 1 aliphatic heterocycles. The third-order valence-corrected chi connectivity index (χ3v) is 5.84. The number of sulfone groups is 1. The highest BCUT2D eigenvalue weighted by molar-refractivity contribution is 7.91. The molecule has 0 atom stereocenters. The van der Waals surface area contributed by atoms with E-state index in [0.29, 0.717) is 32.4 Å². The van der Waals surface area contributed by atoms with Gasteiger partial charge in [0, 0.05) is 24.9 Å². The van der Waals surface area contributed by atoms with Crippen LogP contribution < -0.4 is 4.90 Å². The topological polar surface area (TPSA) is 76.6 Å². The molecule has 0 radical (unpaired) electrons. The summed E-state index contributed by atoms with van der Waals surface area (Å²) in [6.45, 7) is 1.20. The summed E-state index contributed by atoms with van der Waals surface area (Å²) in [5.41, 5.74) is 0.850. The zero-order chi connectivity index (χ0) is 14.6. The van der Waals surface area contributed by atoms with Crippen LogP contribution in [0.4, 0.5) is 5.13 Å². The monoisotopic (exact) mass is 318 g/mol. The highest BCUT2D eigenvalue weighted by atomic mass is 32.2. The Kier molecular flexibility index (Phi) is 4.98. The molecular weight excluding hydrogens is 300 g/mol. The summed E-state index contributed by atoms with van der Waals surface area (Å²) in [5.74, 6) is 0.189. The van der Waals surface area contributed by atoms with Crippen LogP contribution in [0, 0.1) is 0 Å². The van der Waals surface area contributed by atoms with Crippen molar-refractivity contribution in [2.75, 3.05) is 36.6 Å². The van der Waals surface area contributed by atoms with Crippen molar-refractivity contribution in [2.24, 2.45) is 0 Å². The van der Waals surface area contributed by atoms with Gasteiger partial charge in [-0.15, -0.1) is 11.3 Å². The molecule has 1 aliphatic rings. The summed E-state index contributed by atoms with van der Waals surface area (Å²) < 4.78 is 27.7. The number of ether oxygens (including phenoxy) is 1. The van der Waals surface area contributed by atoms with Gasteiger partial charge in [-0.2, -0.15) is 0 Å². The lowest BCUT2D eigenvalue weighted by Gasteiger charge is -2.17. The molecule has 112 valence electrons. The van der Waals surface area contributed by atoms with Crippen molar-refractivity contribution < 1.29 is 17.9 Å². The predicted molar refractivity (Wildman–Crippen MR) is 77.9 cm³/mol. The minimum Gasteiger partial charge on any atom is -0.469 e. The highest BCUT2D eigenvalue weighted by Gasteiger charge is 2.21. The van der Waals surface area contributed by atoms with E-state index in [1.165, 1.54) is 18.4 Å². The molecule has 0 spiro atoms. The number of nitrogens with zero attached hydrogens (tertiary/aromatic N) is 2. The number of thiazole rings is 1. The number of carbonyl (C=O) groups excluding carboxylic acids is 1. The average Bonchev–Trinajstić information content (AvgIpc) is 2.81. The van der Waals surface area contributed by atoms with E-state index < -0.39 is 9.84 Å². The van der Waals surface area contributed by atoms with Gasteiger partial charge >= 0.3 is 5.97 Å². The lowest BCUT2D eigenvalue weighted by molar-refractivity contribution is -0.140. The van der Waals surface area contributed by atoms with Crippen LogP contribution in [-0.2, 0) is 25.8 Å². The summed E-state index contributed by atoms with van der Waals surface area (Å²) in [6, 6.07) is 0. The normalized spacial score (nSPS) is 18.6. The van der Waals surface area contributed by atoms with Gasteiger partial charge in [0.25, 0.3) is 0 Å². The lowest BCUT2D eigenvalue weighted by atomic mass is 10.2. The number of methoxy groups -OCH3 is 1. The van der Waals surface area contributed by atoms with Crippen LogP contribution in [0.25, 0.3) is 0 Å². The molecule has 0 saturated carbocycles. The number of aromatic nitrogens is 1. The van der Waals surface area contributed by atoms with E-state index in [-0.39, 0.29) is 17.5 Å². The van der Waals surface area contributed by atoms with Crippen LogP contribution in [0.15, 0.2) is 5.38 Å². The maximum Gasteiger partial charge on any atom is 0.305 e. The van der Waals surface area contributed by atoms with E-state index in [1.807, 2.05) is 10.3 Å². The molecule has 0 N–H and O–H groups in total.